The molecule has 1 aliphatic heterocycles. The summed E-state index contributed by atoms with van der Waals surface area (Å²) < 4.78 is 5.16. The highest BCUT2D eigenvalue weighted by Crippen LogP contribution is 2.07. The van der Waals surface area contributed by atoms with Gasteiger partial charge in [-0.15, -0.1) is 0 Å². The highest BCUT2D eigenvalue weighted by molar-refractivity contribution is 5.78. The molecule has 0 aromatic rings. The number of nitrogens with zero attached hydrogens (tertiary/aromatic N) is 3. The van der Waals surface area contributed by atoms with Gasteiger partial charge in [0.05, 0.1) is 19.1 Å². The molecule has 1 aliphatic rings. The summed E-state index contributed by atoms with van der Waals surface area (Å²) in [5.41, 5.74) is 5.55. The Hall–Kier alpha value is -1.18. The fourth-order valence-electron chi connectivity index (χ4n) is 2.30. The van der Waals surface area contributed by atoms with Gasteiger partial charge >= 0.3 is 0 Å². The van der Waals surface area contributed by atoms with Gasteiger partial charge in [0.1, 0.15) is 0 Å². The number of carbonyl (C=O) groups excluding carboxylic acids is 2. The van der Waals surface area contributed by atoms with Crippen molar-refractivity contribution in [3.63, 3.8) is 0 Å². The van der Waals surface area contributed by atoms with Crippen molar-refractivity contribution < 1.29 is 14.3 Å². The lowest BCUT2D eigenvalue weighted by atomic mass is 10.2. The molecule has 1 heterocycles. The van der Waals surface area contributed by atoms with Crippen LogP contribution in [0.3, 0.4) is 0 Å². The van der Waals surface area contributed by atoms with Crippen LogP contribution < -0.4 is 5.73 Å². The average Bonchev–Trinajstić information content (AvgIpc) is 2.70. The number of likely N-dealkylation sites (N-methyl/N-ethyl adjacent to an activating group) is 1. The molecule has 2 amide bonds. The van der Waals surface area contributed by atoms with Crippen LogP contribution in [0.1, 0.15) is 12.8 Å². The lowest BCUT2D eigenvalue weighted by Crippen LogP contribution is -2.40. The number of carbonyl (C=O) groups is 2. The zero-order chi connectivity index (χ0) is 15.8. The van der Waals surface area contributed by atoms with E-state index in [0.717, 1.165) is 26.1 Å². The molecular weight excluding hydrogens is 272 g/mol. The minimum Gasteiger partial charge on any atom is -0.380 e. The van der Waals surface area contributed by atoms with Crippen molar-refractivity contribution in [1.82, 2.24) is 14.7 Å². The maximum atomic E-state index is 12.2. The van der Waals surface area contributed by atoms with Crippen LogP contribution in [0.4, 0.5) is 0 Å². The molecule has 2 N–H and O–H groups in total. The second-order valence-corrected chi connectivity index (χ2v) is 5.60. The first kappa shape index (κ1) is 17.9. The highest BCUT2D eigenvalue weighted by Gasteiger charge is 2.22. The van der Waals surface area contributed by atoms with E-state index in [4.69, 9.17) is 10.5 Å². The van der Waals surface area contributed by atoms with E-state index in [9.17, 15) is 9.59 Å². The molecule has 7 heteroatoms. The van der Waals surface area contributed by atoms with Crippen LogP contribution in [0, 0.1) is 0 Å². The average molecular weight is 300 g/mol. The quantitative estimate of drug-likeness (QED) is 0.679. The van der Waals surface area contributed by atoms with Gasteiger partial charge in [0.2, 0.25) is 11.8 Å². The molecule has 0 aromatic carbocycles. The molecule has 0 aliphatic carbocycles. The van der Waals surface area contributed by atoms with Gasteiger partial charge in [-0.25, -0.2) is 0 Å². The Balaban J connectivity index is 2.44. The number of ether oxygens (including phenoxy) is 1. The molecule has 1 rings (SSSR count). The van der Waals surface area contributed by atoms with Crippen LogP contribution in [0.2, 0.25) is 0 Å². The van der Waals surface area contributed by atoms with Crippen LogP contribution in [0.25, 0.3) is 0 Å². The first-order valence-corrected chi connectivity index (χ1v) is 7.41. The first-order valence-electron chi connectivity index (χ1n) is 7.41. The van der Waals surface area contributed by atoms with Gasteiger partial charge < -0.3 is 20.3 Å². The van der Waals surface area contributed by atoms with E-state index in [1.54, 1.807) is 26.1 Å². The second kappa shape index (κ2) is 8.96. The topological polar surface area (TPSA) is 79.1 Å². The Morgan fingerprint density at radius 3 is 2.52 bits per heavy atom. The van der Waals surface area contributed by atoms with E-state index in [1.165, 1.54) is 0 Å². The molecule has 1 saturated heterocycles. The summed E-state index contributed by atoms with van der Waals surface area (Å²) in [7, 11) is 5.09. The minimum atomic E-state index is -0.216. The molecule has 0 radical (unpaired) electrons. The molecule has 122 valence electrons. The predicted molar refractivity (Wildman–Crippen MR) is 80.8 cm³/mol. The summed E-state index contributed by atoms with van der Waals surface area (Å²) in [4.78, 5) is 29.5. The van der Waals surface area contributed by atoms with Gasteiger partial charge in [-0.05, 0) is 6.42 Å². The van der Waals surface area contributed by atoms with Crippen LogP contribution in [0.5, 0.6) is 0 Å². The molecule has 0 spiro atoms. The Morgan fingerprint density at radius 2 is 1.95 bits per heavy atom. The smallest absolute Gasteiger partial charge is 0.236 e. The van der Waals surface area contributed by atoms with Crippen LogP contribution in [-0.2, 0) is 14.3 Å². The van der Waals surface area contributed by atoms with Crippen molar-refractivity contribution in [2.75, 3.05) is 60.5 Å². The summed E-state index contributed by atoms with van der Waals surface area (Å²) in [6.45, 7) is 3.71. The number of nitrogens with two attached hydrogens (primary N) is 1. The minimum absolute atomic E-state index is 0.0769. The fraction of sp³-hybridized carbons (Fsp3) is 0.857. The summed E-state index contributed by atoms with van der Waals surface area (Å²) in [5, 5.41) is 0. The molecule has 1 atom stereocenters. The Morgan fingerprint density at radius 1 is 1.24 bits per heavy atom. The molecule has 0 bridgehead atoms. The van der Waals surface area contributed by atoms with Crippen molar-refractivity contribution in [2.24, 2.45) is 5.73 Å². The molecule has 0 aromatic heterocycles. The largest absolute Gasteiger partial charge is 0.380 e. The van der Waals surface area contributed by atoms with Crippen LogP contribution in [-0.4, -0.2) is 93.1 Å². The second-order valence-electron chi connectivity index (χ2n) is 5.60. The van der Waals surface area contributed by atoms with Crippen LogP contribution >= 0.6 is 0 Å². The van der Waals surface area contributed by atoms with Gasteiger partial charge in [-0.1, -0.05) is 0 Å². The van der Waals surface area contributed by atoms with E-state index in [-0.39, 0.29) is 17.9 Å². The molecule has 1 unspecified atom stereocenters. The molecule has 21 heavy (non-hydrogen) atoms. The monoisotopic (exact) mass is 300 g/mol. The highest BCUT2D eigenvalue weighted by atomic mass is 16.5. The molecule has 1 fully saturated rings. The zero-order valence-corrected chi connectivity index (χ0v) is 13.4. The zero-order valence-electron chi connectivity index (χ0n) is 13.4. The number of methoxy groups -OCH3 is 1. The number of rotatable bonds is 6. The van der Waals surface area contributed by atoms with E-state index in [1.807, 2.05) is 4.90 Å². The summed E-state index contributed by atoms with van der Waals surface area (Å²) >= 11 is 0. The van der Waals surface area contributed by atoms with Gasteiger partial charge in [0, 0.05) is 53.9 Å². The third kappa shape index (κ3) is 5.99. The van der Waals surface area contributed by atoms with Crippen molar-refractivity contribution in [1.29, 1.82) is 0 Å². The Bertz CT molecular complexity index is 345. The van der Waals surface area contributed by atoms with Gasteiger partial charge in [-0.2, -0.15) is 0 Å². The molecule has 7 nitrogen and oxygen atoms in total. The van der Waals surface area contributed by atoms with Crippen molar-refractivity contribution >= 4 is 11.8 Å². The molecular formula is C14H28N4O3. The van der Waals surface area contributed by atoms with E-state index in [2.05, 4.69) is 4.90 Å². The van der Waals surface area contributed by atoms with Gasteiger partial charge in [-0.3, -0.25) is 14.5 Å². The van der Waals surface area contributed by atoms with Crippen LogP contribution in [0.15, 0.2) is 0 Å². The van der Waals surface area contributed by atoms with E-state index in [0.29, 0.717) is 26.1 Å². The van der Waals surface area contributed by atoms with Crippen molar-refractivity contribution in [3.8, 4) is 0 Å². The summed E-state index contributed by atoms with van der Waals surface area (Å²) in [6.07, 6.45) is 0.989. The maximum Gasteiger partial charge on any atom is 0.236 e. The lowest BCUT2D eigenvalue weighted by Gasteiger charge is -2.24. The number of hydrogen-bond donors (Lipinski definition) is 1. The summed E-state index contributed by atoms with van der Waals surface area (Å²) in [6, 6.07) is 0. The van der Waals surface area contributed by atoms with E-state index < -0.39 is 0 Å². The maximum absolute atomic E-state index is 12.2. The lowest BCUT2D eigenvalue weighted by molar-refractivity contribution is -0.133. The third-order valence-electron chi connectivity index (χ3n) is 3.80. The molecule has 0 saturated carbocycles. The number of hydrogen-bond acceptors (Lipinski definition) is 5. The summed E-state index contributed by atoms with van der Waals surface area (Å²) in [5.74, 6) is 0.172. The van der Waals surface area contributed by atoms with Gasteiger partial charge in [0.15, 0.2) is 0 Å². The Kier molecular flexibility index (Phi) is 7.63. The van der Waals surface area contributed by atoms with Gasteiger partial charge in [0.25, 0.3) is 0 Å². The Labute approximate surface area is 127 Å². The van der Waals surface area contributed by atoms with E-state index >= 15 is 0 Å². The fourth-order valence-corrected chi connectivity index (χ4v) is 2.30. The normalized spacial score (nSPS) is 18.2. The first-order chi connectivity index (χ1) is 9.97. The van der Waals surface area contributed by atoms with Crippen molar-refractivity contribution in [2.45, 2.75) is 18.9 Å². The third-order valence-corrected chi connectivity index (χ3v) is 3.80. The standard InChI is InChI=1S/C14H28N4O3/c1-16(2)14(20)11-17-5-4-6-18(8-7-17)13(19)9-12(10-15)21-3/h12H,4-11,15H2,1-3H3. The number of amides is 2. The predicted octanol–water partition coefficient (Wildman–Crippen LogP) is -1.03. The van der Waals surface area contributed by atoms with Crippen molar-refractivity contribution in [3.05, 3.63) is 0 Å². The SMILES string of the molecule is COC(CN)CC(=O)N1CCCN(CC(=O)N(C)C)CC1.